The first-order valence-electron chi connectivity index (χ1n) is 6.16. The Balaban J connectivity index is 2.53. The van der Waals surface area contributed by atoms with Gasteiger partial charge in [0.2, 0.25) is 0 Å². The molecule has 2 rings (SSSR count). The summed E-state index contributed by atoms with van der Waals surface area (Å²) in [5.74, 6) is -1.06. The smallest absolute Gasteiger partial charge is 0.337 e. The van der Waals surface area contributed by atoms with Crippen LogP contribution < -0.4 is 5.56 Å². The van der Waals surface area contributed by atoms with Crippen molar-refractivity contribution in [3.05, 3.63) is 64.1 Å². The van der Waals surface area contributed by atoms with Crippen LogP contribution in [0.3, 0.4) is 0 Å². The molecule has 0 spiro atoms. The minimum absolute atomic E-state index is 0.0751. The Morgan fingerprint density at radius 3 is 2.70 bits per heavy atom. The van der Waals surface area contributed by atoms with Crippen LogP contribution in [0.15, 0.2) is 47.4 Å². The quantitative estimate of drug-likeness (QED) is 0.900. The Morgan fingerprint density at radius 1 is 1.25 bits per heavy atom. The third-order valence-corrected chi connectivity index (χ3v) is 2.98. The van der Waals surface area contributed by atoms with Crippen LogP contribution in [0.25, 0.3) is 5.69 Å². The minimum Gasteiger partial charge on any atom is -0.478 e. The molecular formula is C15H15NO4. The Kier molecular flexibility index (Phi) is 4.32. The van der Waals surface area contributed by atoms with E-state index in [-0.39, 0.29) is 11.1 Å². The monoisotopic (exact) mass is 273 g/mol. The lowest BCUT2D eigenvalue weighted by Gasteiger charge is -2.12. The van der Waals surface area contributed by atoms with Gasteiger partial charge in [-0.25, -0.2) is 4.79 Å². The average molecular weight is 273 g/mol. The van der Waals surface area contributed by atoms with Gasteiger partial charge < -0.3 is 9.84 Å². The van der Waals surface area contributed by atoms with E-state index in [1.807, 2.05) is 18.2 Å². The molecule has 104 valence electrons. The number of nitrogens with zero attached hydrogens (tertiary/aromatic N) is 1. The van der Waals surface area contributed by atoms with Gasteiger partial charge in [0.25, 0.3) is 5.56 Å². The summed E-state index contributed by atoms with van der Waals surface area (Å²) in [6, 6.07) is 9.94. The second-order valence-electron chi connectivity index (χ2n) is 4.30. The molecule has 5 heteroatoms. The van der Waals surface area contributed by atoms with Crippen LogP contribution in [0.4, 0.5) is 0 Å². The van der Waals surface area contributed by atoms with E-state index >= 15 is 0 Å². The van der Waals surface area contributed by atoms with Crippen molar-refractivity contribution in [2.75, 3.05) is 13.7 Å². The molecule has 5 nitrogen and oxygen atoms in total. The number of aromatic nitrogens is 1. The molecule has 0 amide bonds. The summed E-state index contributed by atoms with van der Waals surface area (Å²) < 4.78 is 6.40. The van der Waals surface area contributed by atoms with Crippen LogP contribution in [0.2, 0.25) is 0 Å². The summed E-state index contributed by atoms with van der Waals surface area (Å²) in [6.07, 6.45) is 1.99. The number of ether oxygens (including phenoxy) is 1. The van der Waals surface area contributed by atoms with Gasteiger partial charge in [0.1, 0.15) is 0 Å². The number of carbonyl (C=O) groups is 1. The Bertz CT molecular complexity index is 676. The zero-order chi connectivity index (χ0) is 14.5. The fourth-order valence-corrected chi connectivity index (χ4v) is 1.97. The molecule has 2 aromatic rings. The molecule has 0 aliphatic heterocycles. The van der Waals surface area contributed by atoms with Gasteiger partial charge in [0, 0.05) is 19.4 Å². The van der Waals surface area contributed by atoms with Crippen LogP contribution in [0.5, 0.6) is 0 Å². The van der Waals surface area contributed by atoms with Gasteiger partial charge in [-0.2, -0.15) is 0 Å². The van der Waals surface area contributed by atoms with E-state index < -0.39 is 5.97 Å². The van der Waals surface area contributed by atoms with Crippen molar-refractivity contribution in [2.45, 2.75) is 6.42 Å². The van der Waals surface area contributed by atoms with Gasteiger partial charge in [-0.3, -0.25) is 9.36 Å². The standard InChI is InChI=1S/C15H15NO4/c1-20-9-8-11-4-2-3-5-13(11)16-10-12(15(18)19)6-7-14(16)17/h2-7,10H,8-9H2,1H3,(H,18,19). The van der Waals surface area contributed by atoms with E-state index in [0.717, 1.165) is 5.56 Å². The van der Waals surface area contributed by atoms with Crippen molar-refractivity contribution in [2.24, 2.45) is 0 Å². The average Bonchev–Trinajstić information content (AvgIpc) is 2.46. The van der Waals surface area contributed by atoms with E-state index in [4.69, 9.17) is 9.84 Å². The van der Waals surface area contributed by atoms with Crippen LogP contribution >= 0.6 is 0 Å². The predicted molar refractivity (Wildman–Crippen MR) is 74.6 cm³/mol. The van der Waals surface area contributed by atoms with Gasteiger partial charge in [-0.15, -0.1) is 0 Å². The molecular weight excluding hydrogens is 258 g/mol. The van der Waals surface area contributed by atoms with Crippen molar-refractivity contribution in [3.8, 4) is 5.69 Å². The maximum absolute atomic E-state index is 12.0. The Hall–Kier alpha value is -2.40. The molecule has 0 aliphatic rings. The van der Waals surface area contributed by atoms with Crippen molar-refractivity contribution in [1.29, 1.82) is 0 Å². The zero-order valence-electron chi connectivity index (χ0n) is 11.1. The highest BCUT2D eigenvalue weighted by atomic mass is 16.5. The molecule has 1 aromatic heterocycles. The van der Waals surface area contributed by atoms with Gasteiger partial charge in [-0.1, -0.05) is 18.2 Å². The van der Waals surface area contributed by atoms with E-state index in [1.54, 1.807) is 13.2 Å². The molecule has 0 bridgehead atoms. The van der Waals surface area contributed by atoms with E-state index in [0.29, 0.717) is 18.7 Å². The minimum atomic E-state index is -1.06. The lowest BCUT2D eigenvalue weighted by atomic mass is 10.1. The number of aromatic carboxylic acids is 1. The van der Waals surface area contributed by atoms with Crippen molar-refractivity contribution < 1.29 is 14.6 Å². The predicted octanol–water partition coefficient (Wildman–Crippen LogP) is 1.72. The first kappa shape index (κ1) is 14.0. The van der Waals surface area contributed by atoms with Crippen LogP contribution in [0.1, 0.15) is 15.9 Å². The van der Waals surface area contributed by atoms with E-state index in [9.17, 15) is 9.59 Å². The van der Waals surface area contributed by atoms with Crippen LogP contribution in [0, 0.1) is 0 Å². The van der Waals surface area contributed by atoms with Gasteiger partial charge in [0.05, 0.1) is 17.9 Å². The lowest BCUT2D eigenvalue weighted by Crippen LogP contribution is -2.20. The number of pyridine rings is 1. The number of hydrogen-bond donors (Lipinski definition) is 1. The number of carboxylic acids is 1. The highest BCUT2D eigenvalue weighted by molar-refractivity contribution is 5.87. The molecule has 0 radical (unpaired) electrons. The number of hydrogen-bond acceptors (Lipinski definition) is 3. The fraction of sp³-hybridized carbons (Fsp3) is 0.200. The largest absolute Gasteiger partial charge is 0.478 e. The molecule has 0 saturated heterocycles. The number of methoxy groups -OCH3 is 1. The van der Waals surface area contributed by atoms with Gasteiger partial charge in [-0.05, 0) is 24.1 Å². The summed E-state index contributed by atoms with van der Waals surface area (Å²) in [5, 5.41) is 9.02. The van der Waals surface area contributed by atoms with Gasteiger partial charge in [0.15, 0.2) is 0 Å². The molecule has 0 saturated carbocycles. The van der Waals surface area contributed by atoms with Crippen molar-refractivity contribution in [3.63, 3.8) is 0 Å². The summed E-state index contributed by atoms with van der Waals surface area (Å²) >= 11 is 0. The second kappa shape index (κ2) is 6.16. The summed E-state index contributed by atoms with van der Waals surface area (Å²) in [7, 11) is 1.61. The summed E-state index contributed by atoms with van der Waals surface area (Å²) in [4.78, 5) is 23.0. The molecule has 1 N–H and O–H groups in total. The molecule has 0 unspecified atom stereocenters. The third kappa shape index (κ3) is 2.95. The molecule has 0 aliphatic carbocycles. The fourth-order valence-electron chi connectivity index (χ4n) is 1.97. The summed E-state index contributed by atoms with van der Waals surface area (Å²) in [6.45, 7) is 0.532. The highest BCUT2D eigenvalue weighted by Crippen LogP contribution is 2.14. The maximum atomic E-state index is 12.0. The van der Waals surface area contributed by atoms with Gasteiger partial charge >= 0.3 is 5.97 Å². The van der Waals surface area contributed by atoms with E-state index in [2.05, 4.69) is 0 Å². The maximum Gasteiger partial charge on any atom is 0.337 e. The molecule has 20 heavy (non-hydrogen) atoms. The number of para-hydroxylation sites is 1. The SMILES string of the molecule is COCCc1ccccc1-n1cc(C(=O)O)ccc1=O. The van der Waals surface area contributed by atoms with Crippen molar-refractivity contribution in [1.82, 2.24) is 4.57 Å². The molecule has 0 fully saturated rings. The molecule has 1 aromatic carbocycles. The first-order valence-corrected chi connectivity index (χ1v) is 6.16. The highest BCUT2D eigenvalue weighted by Gasteiger charge is 2.09. The molecule has 0 atom stereocenters. The normalized spacial score (nSPS) is 10.4. The number of benzene rings is 1. The summed E-state index contributed by atoms with van der Waals surface area (Å²) in [5.41, 5.74) is 1.42. The Morgan fingerprint density at radius 2 is 2.00 bits per heavy atom. The van der Waals surface area contributed by atoms with Crippen LogP contribution in [-0.4, -0.2) is 29.4 Å². The van der Waals surface area contributed by atoms with Crippen LogP contribution in [-0.2, 0) is 11.2 Å². The number of carboxylic acid groups (broad SMARTS) is 1. The second-order valence-corrected chi connectivity index (χ2v) is 4.30. The molecule has 1 heterocycles. The van der Waals surface area contributed by atoms with E-state index in [1.165, 1.54) is 22.9 Å². The zero-order valence-corrected chi connectivity index (χ0v) is 11.1. The third-order valence-electron chi connectivity index (χ3n) is 2.98. The first-order chi connectivity index (χ1) is 9.63. The number of rotatable bonds is 5. The van der Waals surface area contributed by atoms with Crippen molar-refractivity contribution >= 4 is 5.97 Å². The lowest BCUT2D eigenvalue weighted by molar-refractivity contribution is 0.0696. The topological polar surface area (TPSA) is 68.5 Å². The Labute approximate surface area is 116 Å².